The molecule has 0 unspecified atom stereocenters. The molecular weight excluding hydrogens is 124 g/mol. The number of ether oxygens (including phenoxy) is 1. The molecule has 1 heteroatoms. The van der Waals surface area contributed by atoms with Gasteiger partial charge < -0.3 is 4.74 Å². The summed E-state index contributed by atoms with van der Waals surface area (Å²) in [6.07, 6.45) is 6.94. The van der Waals surface area contributed by atoms with Gasteiger partial charge in [-0.25, -0.2) is 0 Å². The van der Waals surface area contributed by atoms with Crippen molar-refractivity contribution in [2.24, 2.45) is 5.41 Å². The van der Waals surface area contributed by atoms with Crippen LogP contribution in [0.5, 0.6) is 0 Å². The van der Waals surface area contributed by atoms with Gasteiger partial charge in [0.05, 0.1) is 0 Å². The van der Waals surface area contributed by atoms with E-state index in [-0.39, 0.29) is 0 Å². The molecule has 10 heavy (non-hydrogen) atoms. The summed E-state index contributed by atoms with van der Waals surface area (Å²) in [6, 6.07) is 0. The normalized spacial score (nSPS) is 22.2. The van der Waals surface area contributed by atoms with Crippen molar-refractivity contribution in [1.82, 2.24) is 0 Å². The predicted octanol–water partition coefficient (Wildman–Crippen LogP) is 2.60. The fourth-order valence-corrected chi connectivity index (χ4v) is 1.78. The molecule has 0 aromatic heterocycles. The molecule has 60 valence electrons. The zero-order valence-corrected chi connectivity index (χ0v) is 7.15. The first kappa shape index (κ1) is 8.06. The Labute approximate surface area is 63.8 Å². The lowest BCUT2D eigenvalue weighted by atomic mass is 9.65. The largest absolute Gasteiger partial charge is 0.385 e. The van der Waals surface area contributed by atoms with Gasteiger partial charge in [-0.2, -0.15) is 0 Å². The van der Waals surface area contributed by atoms with Crippen molar-refractivity contribution in [1.29, 1.82) is 0 Å². The van der Waals surface area contributed by atoms with Crippen LogP contribution in [0.25, 0.3) is 0 Å². The van der Waals surface area contributed by atoms with Crippen LogP contribution in [0.2, 0.25) is 0 Å². The Bertz CT molecular complexity index is 89.4. The van der Waals surface area contributed by atoms with Crippen LogP contribution in [0.1, 0.15) is 39.0 Å². The maximum absolute atomic E-state index is 5.08. The molecule has 1 aliphatic carbocycles. The van der Waals surface area contributed by atoms with E-state index in [1.54, 1.807) is 7.11 Å². The molecule has 0 amide bonds. The molecule has 0 heterocycles. The van der Waals surface area contributed by atoms with Crippen LogP contribution in [0, 0.1) is 5.41 Å². The van der Waals surface area contributed by atoms with Crippen molar-refractivity contribution in [3.05, 3.63) is 0 Å². The van der Waals surface area contributed by atoms with Crippen LogP contribution in [-0.2, 0) is 4.74 Å². The molecule has 1 nitrogen and oxygen atoms in total. The predicted molar refractivity (Wildman–Crippen MR) is 43.1 cm³/mol. The topological polar surface area (TPSA) is 9.23 Å². The highest BCUT2D eigenvalue weighted by Crippen LogP contribution is 2.46. The van der Waals surface area contributed by atoms with Gasteiger partial charge in [0.1, 0.15) is 0 Å². The third kappa shape index (κ3) is 1.51. The van der Waals surface area contributed by atoms with E-state index in [1.165, 1.54) is 32.1 Å². The van der Waals surface area contributed by atoms with E-state index in [1.807, 2.05) is 0 Å². The van der Waals surface area contributed by atoms with Crippen LogP contribution in [0.4, 0.5) is 0 Å². The molecule has 0 N–H and O–H groups in total. The Balaban J connectivity index is 2.20. The fraction of sp³-hybridized carbons (Fsp3) is 1.00. The van der Waals surface area contributed by atoms with Gasteiger partial charge in [0.2, 0.25) is 0 Å². The minimum atomic E-state index is 0.690. The lowest BCUT2D eigenvalue weighted by Gasteiger charge is -2.41. The minimum absolute atomic E-state index is 0.690. The first-order valence-electron chi connectivity index (χ1n) is 4.32. The van der Waals surface area contributed by atoms with Gasteiger partial charge in [0.15, 0.2) is 0 Å². The zero-order valence-electron chi connectivity index (χ0n) is 7.15. The smallest absolute Gasteiger partial charge is 0.0467 e. The van der Waals surface area contributed by atoms with E-state index in [0.717, 1.165) is 6.61 Å². The molecule has 0 atom stereocenters. The molecule has 1 rings (SSSR count). The molecule has 0 aromatic rings. The van der Waals surface area contributed by atoms with Gasteiger partial charge in [0, 0.05) is 13.7 Å². The van der Waals surface area contributed by atoms with Crippen LogP contribution in [0.3, 0.4) is 0 Å². The molecule has 0 aromatic carbocycles. The fourth-order valence-electron chi connectivity index (χ4n) is 1.78. The second-order valence-electron chi connectivity index (χ2n) is 3.45. The first-order chi connectivity index (χ1) is 4.83. The molecular formula is C9H18O. The third-order valence-corrected chi connectivity index (χ3v) is 3.00. The van der Waals surface area contributed by atoms with E-state index in [4.69, 9.17) is 4.74 Å². The van der Waals surface area contributed by atoms with Crippen molar-refractivity contribution in [2.75, 3.05) is 13.7 Å². The molecule has 0 radical (unpaired) electrons. The van der Waals surface area contributed by atoms with Gasteiger partial charge in [0.25, 0.3) is 0 Å². The molecule has 0 spiro atoms. The van der Waals surface area contributed by atoms with Gasteiger partial charge in [-0.15, -0.1) is 0 Å². The van der Waals surface area contributed by atoms with Crippen LogP contribution >= 0.6 is 0 Å². The quantitative estimate of drug-likeness (QED) is 0.586. The van der Waals surface area contributed by atoms with Crippen molar-refractivity contribution in [3.8, 4) is 0 Å². The Morgan fingerprint density at radius 2 is 2.10 bits per heavy atom. The van der Waals surface area contributed by atoms with Gasteiger partial charge in [-0.1, -0.05) is 19.8 Å². The third-order valence-electron chi connectivity index (χ3n) is 3.00. The highest BCUT2D eigenvalue weighted by atomic mass is 16.5. The van der Waals surface area contributed by atoms with E-state index >= 15 is 0 Å². The maximum atomic E-state index is 5.08. The van der Waals surface area contributed by atoms with Crippen molar-refractivity contribution in [2.45, 2.75) is 39.0 Å². The highest BCUT2D eigenvalue weighted by Gasteiger charge is 2.34. The molecule has 0 aliphatic heterocycles. The van der Waals surface area contributed by atoms with Crippen LogP contribution < -0.4 is 0 Å². The van der Waals surface area contributed by atoms with E-state index in [2.05, 4.69) is 6.92 Å². The molecule has 1 aliphatic rings. The lowest BCUT2D eigenvalue weighted by molar-refractivity contribution is 0.0661. The molecule has 1 saturated carbocycles. The number of rotatable bonds is 4. The van der Waals surface area contributed by atoms with E-state index in [0.29, 0.717) is 5.41 Å². The van der Waals surface area contributed by atoms with Crippen LogP contribution in [0.15, 0.2) is 0 Å². The minimum Gasteiger partial charge on any atom is -0.385 e. The van der Waals surface area contributed by atoms with Crippen LogP contribution in [-0.4, -0.2) is 13.7 Å². The number of hydrogen-bond acceptors (Lipinski definition) is 1. The second-order valence-corrected chi connectivity index (χ2v) is 3.45. The highest BCUT2D eigenvalue weighted by molar-refractivity contribution is 4.85. The first-order valence-corrected chi connectivity index (χ1v) is 4.32. The van der Waals surface area contributed by atoms with Crippen molar-refractivity contribution < 1.29 is 4.74 Å². The second kappa shape index (κ2) is 3.38. The monoisotopic (exact) mass is 142 g/mol. The molecule has 0 saturated heterocycles. The summed E-state index contributed by atoms with van der Waals surface area (Å²) in [7, 11) is 1.79. The van der Waals surface area contributed by atoms with E-state index < -0.39 is 0 Å². The van der Waals surface area contributed by atoms with Gasteiger partial charge in [-0.3, -0.25) is 0 Å². The van der Waals surface area contributed by atoms with Crippen molar-refractivity contribution >= 4 is 0 Å². The summed E-state index contributed by atoms with van der Waals surface area (Å²) < 4.78 is 5.08. The summed E-state index contributed by atoms with van der Waals surface area (Å²) in [6.45, 7) is 3.25. The number of methoxy groups -OCH3 is 1. The maximum Gasteiger partial charge on any atom is 0.0467 e. The van der Waals surface area contributed by atoms with Gasteiger partial charge in [-0.05, 0) is 24.7 Å². The SMILES string of the molecule is CCC1(CCOC)CCC1. The van der Waals surface area contributed by atoms with Gasteiger partial charge >= 0.3 is 0 Å². The number of hydrogen-bond donors (Lipinski definition) is 0. The summed E-state index contributed by atoms with van der Waals surface area (Å²) in [4.78, 5) is 0. The standard InChI is InChI=1S/C9H18O/c1-3-9(5-4-6-9)7-8-10-2/h3-8H2,1-2H3. The summed E-state index contributed by atoms with van der Waals surface area (Å²) in [5, 5.41) is 0. The zero-order chi connectivity index (χ0) is 7.45. The van der Waals surface area contributed by atoms with Crippen molar-refractivity contribution in [3.63, 3.8) is 0 Å². The Morgan fingerprint density at radius 1 is 1.40 bits per heavy atom. The Hall–Kier alpha value is -0.0400. The Kier molecular flexibility index (Phi) is 2.72. The lowest BCUT2D eigenvalue weighted by Crippen LogP contribution is -2.29. The summed E-state index contributed by atoms with van der Waals surface area (Å²) in [5.74, 6) is 0. The summed E-state index contributed by atoms with van der Waals surface area (Å²) >= 11 is 0. The van der Waals surface area contributed by atoms with E-state index in [9.17, 15) is 0 Å². The average molecular weight is 142 g/mol. The molecule has 0 bridgehead atoms. The Morgan fingerprint density at radius 3 is 2.40 bits per heavy atom. The molecule has 1 fully saturated rings. The summed E-state index contributed by atoms with van der Waals surface area (Å²) in [5.41, 5.74) is 0.690. The average Bonchev–Trinajstić information content (AvgIpc) is 1.87.